The minimum absolute atomic E-state index is 0.192. The van der Waals surface area contributed by atoms with E-state index in [9.17, 15) is 4.79 Å². The second-order valence-electron chi connectivity index (χ2n) is 5.31. The number of halogens is 1. The summed E-state index contributed by atoms with van der Waals surface area (Å²) < 4.78 is 0. The Morgan fingerprint density at radius 1 is 1.29 bits per heavy atom. The minimum Gasteiger partial charge on any atom is -0.346 e. The predicted molar refractivity (Wildman–Crippen MR) is 70.9 cm³/mol. The molecule has 3 N–H and O–H groups in total. The molecule has 17 heavy (non-hydrogen) atoms. The highest BCUT2D eigenvalue weighted by molar-refractivity contribution is 6.30. The molecular formula is C13H19ClN2O. The largest absolute Gasteiger partial charge is 0.346 e. The number of rotatable bonds is 3. The maximum absolute atomic E-state index is 11.9. The smallest absolute Gasteiger partial charge is 0.240 e. The lowest BCUT2D eigenvalue weighted by atomic mass is 9.92. The fraction of sp³-hybridized carbons (Fsp3) is 0.462. The molecule has 0 atom stereocenters. The molecule has 0 aliphatic carbocycles. The molecule has 0 fully saturated rings. The van der Waals surface area contributed by atoms with Crippen molar-refractivity contribution in [2.75, 3.05) is 0 Å². The Kier molecular flexibility index (Phi) is 3.84. The average Bonchev–Trinajstić information content (AvgIpc) is 2.15. The van der Waals surface area contributed by atoms with Crippen LogP contribution in [0, 0.1) is 0 Å². The summed E-state index contributed by atoms with van der Waals surface area (Å²) in [5, 5.41) is 3.57. The Bertz CT molecular complexity index is 422. The Morgan fingerprint density at radius 3 is 2.35 bits per heavy atom. The average molecular weight is 255 g/mol. The first kappa shape index (κ1) is 14.0. The molecule has 94 valence electrons. The van der Waals surface area contributed by atoms with Gasteiger partial charge in [0.2, 0.25) is 5.91 Å². The van der Waals surface area contributed by atoms with E-state index in [0.717, 1.165) is 5.56 Å². The number of nitrogens with two attached hydrogens (primary N) is 1. The number of carbonyl (C=O) groups excluding carboxylic acids is 1. The third-order valence-corrected chi connectivity index (χ3v) is 2.79. The van der Waals surface area contributed by atoms with Gasteiger partial charge in [-0.1, -0.05) is 23.7 Å². The number of nitrogens with one attached hydrogen (secondary N) is 1. The zero-order valence-electron chi connectivity index (χ0n) is 10.7. The SMILES string of the molecule is CC(C)(N)C(=O)NC(C)(C)c1cccc(Cl)c1. The van der Waals surface area contributed by atoms with Gasteiger partial charge >= 0.3 is 0 Å². The van der Waals surface area contributed by atoms with Crippen molar-refractivity contribution in [3.63, 3.8) is 0 Å². The lowest BCUT2D eigenvalue weighted by molar-refractivity contribution is -0.127. The molecule has 0 aliphatic heterocycles. The van der Waals surface area contributed by atoms with Gasteiger partial charge < -0.3 is 11.1 Å². The lowest BCUT2D eigenvalue weighted by Crippen LogP contribution is -2.54. The van der Waals surface area contributed by atoms with E-state index < -0.39 is 11.1 Å². The topological polar surface area (TPSA) is 55.1 Å². The van der Waals surface area contributed by atoms with Gasteiger partial charge in [0, 0.05) is 5.02 Å². The van der Waals surface area contributed by atoms with Crippen molar-refractivity contribution in [3.8, 4) is 0 Å². The van der Waals surface area contributed by atoms with Crippen molar-refractivity contribution < 1.29 is 4.79 Å². The highest BCUT2D eigenvalue weighted by Gasteiger charge is 2.29. The van der Waals surface area contributed by atoms with Crippen molar-refractivity contribution >= 4 is 17.5 Å². The van der Waals surface area contributed by atoms with Crippen LogP contribution in [0.25, 0.3) is 0 Å². The quantitative estimate of drug-likeness (QED) is 0.871. The predicted octanol–water partition coefficient (Wildman–Crippen LogP) is 2.43. The molecular weight excluding hydrogens is 236 g/mol. The first-order valence-electron chi connectivity index (χ1n) is 5.50. The monoisotopic (exact) mass is 254 g/mol. The summed E-state index contributed by atoms with van der Waals surface area (Å²) >= 11 is 5.94. The Balaban J connectivity index is 2.93. The van der Waals surface area contributed by atoms with E-state index in [-0.39, 0.29) is 5.91 Å². The maximum atomic E-state index is 11.9. The van der Waals surface area contributed by atoms with E-state index in [0.29, 0.717) is 5.02 Å². The fourth-order valence-corrected chi connectivity index (χ4v) is 1.58. The van der Waals surface area contributed by atoms with Crippen molar-refractivity contribution in [3.05, 3.63) is 34.9 Å². The zero-order valence-corrected chi connectivity index (χ0v) is 11.4. The van der Waals surface area contributed by atoms with Gasteiger partial charge in [-0.2, -0.15) is 0 Å². The van der Waals surface area contributed by atoms with E-state index in [2.05, 4.69) is 5.32 Å². The normalized spacial score (nSPS) is 12.4. The van der Waals surface area contributed by atoms with Crippen LogP contribution in [0.3, 0.4) is 0 Å². The van der Waals surface area contributed by atoms with E-state index in [1.54, 1.807) is 19.9 Å². The fourth-order valence-electron chi connectivity index (χ4n) is 1.39. The lowest BCUT2D eigenvalue weighted by Gasteiger charge is -2.30. The van der Waals surface area contributed by atoms with Crippen LogP contribution in [0.15, 0.2) is 24.3 Å². The number of amides is 1. The van der Waals surface area contributed by atoms with Crippen LogP contribution >= 0.6 is 11.6 Å². The van der Waals surface area contributed by atoms with Gasteiger partial charge in [0.15, 0.2) is 0 Å². The van der Waals surface area contributed by atoms with Gasteiger partial charge in [-0.3, -0.25) is 4.79 Å². The Labute approximate surface area is 107 Å². The van der Waals surface area contributed by atoms with Crippen LogP contribution < -0.4 is 11.1 Å². The number of carbonyl (C=O) groups is 1. The maximum Gasteiger partial charge on any atom is 0.240 e. The number of hydrogen-bond donors (Lipinski definition) is 2. The van der Waals surface area contributed by atoms with E-state index >= 15 is 0 Å². The molecule has 1 rings (SSSR count). The van der Waals surface area contributed by atoms with E-state index in [1.165, 1.54) is 0 Å². The van der Waals surface area contributed by atoms with Gasteiger partial charge in [-0.15, -0.1) is 0 Å². The van der Waals surface area contributed by atoms with Crippen LogP contribution in [-0.4, -0.2) is 11.4 Å². The van der Waals surface area contributed by atoms with Crippen LogP contribution in [0.4, 0.5) is 0 Å². The van der Waals surface area contributed by atoms with Crippen molar-refractivity contribution in [2.45, 2.75) is 38.8 Å². The first-order valence-corrected chi connectivity index (χ1v) is 5.88. The van der Waals surface area contributed by atoms with Crippen LogP contribution in [0.2, 0.25) is 5.02 Å². The molecule has 0 saturated heterocycles. The Hall–Kier alpha value is -1.06. The van der Waals surface area contributed by atoms with E-state index in [1.807, 2.05) is 32.0 Å². The summed E-state index contributed by atoms with van der Waals surface area (Å²) in [7, 11) is 0. The summed E-state index contributed by atoms with van der Waals surface area (Å²) in [6.45, 7) is 7.19. The zero-order chi connectivity index (χ0) is 13.3. The molecule has 1 aromatic rings. The number of benzene rings is 1. The van der Waals surface area contributed by atoms with E-state index in [4.69, 9.17) is 17.3 Å². The molecule has 0 bridgehead atoms. The van der Waals surface area contributed by atoms with Crippen LogP contribution in [0.5, 0.6) is 0 Å². The third-order valence-electron chi connectivity index (χ3n) is 2.56. The summed E-state index contributed by atoms with van der Waals surface area (Å²) in [5.41, 5.74) is 5.31. The molecule has 0 heterocycles. The van der Waals surface area contributed by atoms with Crippen molar-refractivity contribution in [2.24, 2.45) is 5.73 Å². The highest BCUT2D eigenvalue weighted by Crippen LogP contribution is 2.23. The van der Waals surface area contributed by atoms with Gasteiger partial charge in [0.05, 0.1) is 11.1 Å². The highest BCUT2D eigenvalue weighted by atomic mass is 35.5. The second-order valence-corrected chi connectivity index (χ2v) is 5.75. The van der Waals surface area contributed by atoms with Gasteiger partial charge in [-0.05, 0) is 45.4 Å². The van der Waals surface area contributed by atoms with Crippen molar-refractivity contribution in [1.82, 2.24) is 5.32 Å². The molecule has 1 aromatic carbocycles. The van der Waals surface area contributed by atoms with Crippen LogP contribution in [0.1, 0.15) is 33.3 Å². The summed E-state index contributed by atoms with van der Waals surface area (Å²) in [4.78, 5) is 11.9. The third kappa shape index (κ3) is 3.72. The molecule has 0 radical (unpaired) electrons. The standard InChI is InChI=1S/C13H19ClN2O/c1-12(2,15)11(17)16-13(3,4)9-6-5-7-10(14)8-9/h5-8H,15H2,1-4H3,(H,16,17). The number of hydrogen-bond acceptors (Lipinski definition) is 2. The molecule has 3 nitrogen and oxygen atoms in total. The Morgan fingerprint density at radius 2 is 1.88 bits per heavy atom. The molecule has 0 spiro atoms. The summed E-state index contributed by atoms with van der Waals surface area (Å²) in [6.07, 6.45) is 0. The van der Waals surface area contributed by atoms with Gasteiger partial charge in [0.1, 0.15) is 0 Å². The van der Waals surface area contributed by atoms with Crippen molar-refractivity contribution in [1.29, 1.82) is 0 Å². The minimum atomic E-state index is -0.893. The molecule has 1 amide bonds. The van der Waals surface area contributed by atoms with Gasteiger partial charge in [0.25, 0.3) is 0 Å². The summed E-state index contributed by atoms with van der Waals surface area (Å²) in [5.74, 6) is -0.192. The van der Waals surface area contributed by atoms with Gasteiger partial charge in [-0.25, -0.2) is 0 Å². The first-order chi connectivity index (χ1) is 7.63. The van der Waals surface area contributed by atoms with Crippen LogP contribution in [-0.2, 0) is 10.3 Å². The molecule has 0 aromatic heterocycles. The molecule has 0 saturated carbocycles. The summed E-state index contributed by atoms with van der Waals surface area (Å²) in [6, 6.07) is 7.43. The molecule has 0 aliphatic rings. The second kappa shape index (κ2) is 4.67. The molecule has 4 heteroatoms. The molecule has 0 unspecified atom stereocenters.